The van der Waals surface area contributed by atoms with Crippen molar-refractivity contribution in [1.82, 2.24) is 4.72 Å². The van der Waals surface area contributed by atoms with E-state index in [0.717, 1.165) is 11.1 Å². The molecular formula is C17H18ClNO4S. The molecule has 24 heavy (non-hydrogen) atoms. The minimum atomic E-state index is -3.59. The molecule has 0 aliphatic carbocycles. The number of hydrogen-bond donors (Lipinski definition) is 1. The molecule has 2 aromatic carbocycles. The normalized spacial score (nSPS) is 11.2. The molecule has 0 radical (unpaired) electrons. The quantitative estimate of drug-likeness (QED) is 0.764. The predicted octanol–water partition coefficient (Wildman–Crippen LogP) is 2.92. The third-order valence-corrected chi connectivity index (χ3v) is 4.94. The van der Waals surface area contributed by atoms with Crippen molar-refractivity contribution < 1.29 is 17.9 Å². The Hall–Kier alpha value is -1.89. The van der Waals surface area contributed by atoms with Crippen molar-refractivity contribution in [3.05, 3.63) is 64.7 Å². The molecule has 0 atom stereocenters. The Bertz CT molecular complexity index is 786. The summed E-state index contributed by atoms with van der Waals surface area (Å²) in [5.74, 6) is -0.284. The van der Waals surface area contributed by atoms with Gasteiger partial charge in [-0.25, -0.2) is 13.1 Å². The maximum atomic E-state index is 12.2. The fourth-order valence-electron chi connectivity index (χ4n) is 2.03. The van der Waals surface area contributed by atoms with Crippen LogP contribution in [0.5, 0.6) is 0 Å². The second kappa shape index (κ2) is 8.28. The first-order valence-electron chi connectivity index (χ1n) is 7.39. The molecule has 0 aromatic heterocycles. The fraction of sp³-hybridized carbons (Fsp3) is 0.235. The van der Waals surface area contributed by atoms with Gasteiger partial charge in [0, 0.05) is 11.6 Å². The number of carbonyl (C=O) groups is 1. The maximum absolute atomic E-state index is 12.2. The number of carbonyl (C=O) groups excluding carboxylic acids is 1. The minimum absolute atomic E-state index is 0.157. The van der Waals surface area contributed by atoms with Crippen LogP contribution in [0.25, 0.3) is 0 Å². The van der Waals surface area contributed by atoms with Gasteiger partial charge in [0.2, 0.25) is 10.0 Å². The molecule has 5 nitrogen and oxygen atoms in total. The van der Waals surface area contributed by atoms with Crippen molar-refractivity contribution in [1.29, 1.82) is 0 Å². The number of halogens is 1. The number of rotatable bonds is 7. The van der Waals surface area contributed by atoms with Crippen LogP contribution in [-0.4, -0.2) is 21.0 Å². The molecule has 0 spiro atoms. The number of sulfonamides is 1. The van der Waals surface area contributed by atoms with Crippen LogP contribution in [-0.2, 0) is 32.5 Å². The lowest BCUT2D eigenvalue weighted by Crippen LogP contribution is -2.23. The molecule has 2 rings (SSSR count). The molecule has 0 bridgehead atoms. The molecule has 0 heterocycles. The van der Waals surface area contributed by atoms with E-state index in [1.54, 1.807) is 31.2 Å². The van der Waals surface area contributed by atoms with Crippen LogP contribution >= 0.6 is 11.6 Å². The van der Waals surface area contributed by atoms with E-state index in [1.165, 1.54) is 24.3 Å². The molecule has 128 valence electrons. The molecule has 0 aliphatic heterocycles. The van der Waals surface area contributed by atoms with Gasteiger partial charge in [0.25, 0.3) is 0 Å². The van der Waals surface area contributed by atoms with E-state index in [4.69, 9.17) is 16.3 Å². The highest BCUT2D eigenvalue weighted by molar-refractivity contribution is 7.89. The standard InChI is InChI=1S/C17H18ClNO4S/c1-2-23-17(20)11-13-3-5-14(6-4-13)12-19-24(21,22)16-9-7-15(18)8-10-16/h3-10,19H,2,11-12H2,1H3. The Morgan fingerprint density at radius 2 is 1.62 bits per heavy atom. The van der Waals surface area contributed by atoms with Crippen molar-refractivity contribution in [2.45, 2.75) is 24.8 Å². The van der Waals surface area contributed by atoms with Gasteiger partial charge in [-0.2, -0.15) is 0 Å². The Kier molecular flexibility index (Phi) is 6.36. The van der Waals surface area contributed by atoms with Crippen LogP contribution in [0.2, 0.25) is 5.02 Å². The fourth-order valence-corrected chi connectivity index (χ4v) is 3.17. The van der Waals surface area contributed by atoms with Crippen LogP contribution in [0.4, 0.5) is 0 Å². The molecule has 0 saturated carbocycles. The Labute approximate surface area is 146 Å². The van der Waals surface area contributed by atoms with Gasteiger partial charge in [-0.3, -0.25) is 4.79 Å². The summed E-state index contributed by atoms with van der Waals surface area (Å²) in [6, 6.07) is 13.1. The van der Waals surface area contributed by atoms with Crippen LogP contribution in [0.1, 0.15) is 18.1 Å². The highest BCUT2D eigenvalue weighted by atomic mass is 35.5. The third kappa shape index (κ3) is 5.33. The lowest BCUT2D eigenvalue weighted by atomic mass is 10.1. The topological polar surface area (TPSA) is 72.5 Å². The first-order valence-corrected chi connectivity index (χ1v) is 9.25. The Morgan fingerprint density at radius 1 is 1.04 bits per heavy atom. The van der Waals surface area contributed by atoms with Crippen molar-refractivity contribution in [2.75, 3.05) is 6.61 Å². The molecule has 0 fully saturated rings. The summed E-state index contributed by atoms with van der Waals surface area (Å²) in [5, 5.41) is 0.478. The summed E-state index contributed by atoms with van der Waals surface area (Å²) in [7, 11) is -3.59. The molecule has 2 aromatic rings. The van der Waals surface area contributed by atoms with E-state index in [9.17, 15) is 13.2 Å². The molecular weight excluding hydrogens is 350 g/mol. The van der Waals surface area contributed by atoms with Gasteiger partial charge in [-0.1, -0.05) is 35.9 Å². The number of esters is 1. The Balaban J connectivity index is 1.96. The number of benzene rings is 2. The lowest BCUT2D eigenvalue weighted by molar-refractivity contribution is -0.142. The summed E-state index contributed by atoms with van der Waals surface area (Å²) < 4.78 is 31.8. The monoisotopic (exact) mass is 367 g/mol. The minimum Gasteiger partial charge on any atom is -0.466 e. The first kappa shape index (κ1) is 18.4. The van der Waals surface area contributed by atoms with E-state index in [-0.39, 0.29) is 23.8 Å². The second-order valence-electron chi connectivity index (χ2n) is 5.08. The van der Waals surface area contributed by atoms with E-state index in [1.807, 2.05) is 0 Å². The Morgan fingerprint density at radius 3 is 2.21 bits per heavy atom. The van der Waals surface area contributed by atoms with Crippen molar-refractivity contribution >= 4 is 27.6 Å². The van der Waals surface area contributed by atoms with E-state index >= 15 is 0 Å². The zero-order chi connectivity index (χ0) is 17.6. The lowest BCUT2D eigenvalue weighted by Gasteiger charge is -2.08. The zero-order valence-electron chi connectivity index (χ0n) is 13.2. The van der Waals surface area contributed by atoms with Crippen LogP contribution < -0.4 is 4.72 Å². The highest BCUT2D eigenvalue weighted by Gasteiger charge is 2.13. The summed E-state index contributed by atoms with van der Waals surface area (Å²) in [6.07, 6.45) is 0.199. The van der Waals surface area contributed by atoms with Crippen LogP contribution in [0.15, 0.2) is 53.4 Å². The summed E-state index contributed by atoms with van der Waals surface area (Å²) >= 11 is 5.76. The maximum Gasteiger partial charge on any atom is 0.310 e. The van der Waals surface area contributed by atoms with E-state index in [0.29, 0.717) is 11.6 Å². The van der Waals surface area contributed by atoms with Crippen LogP contribution in [0.3, 0.4) is 0 Å². The van der Waals surface area contributed by atoms with Gasteiger partial charge < -0.3 is 4.74 Å². The van der Waals surface area contributed by atoms with E-state index in [2.05, 4.69) is 4.72 Å². The average Bonchev–Trinajstić information content (AvgIpc) is 2.55. The summed E-state index contributed by atoms with van der Waals surface area (Å²) in [6.45, 7) is 2.27. The van der Waals surface area contributed by atoms with Crippen molar-refractivity contribution in [2.24, 2.45) is 0 Å². The SMILES string of the molecule is CCOC(=O)Cc1ccc(CNS(=O)(=O)c2ccc(Cl)cc2)cc1. The molecule has 0 aliphatic rings. The first-order chi connectivity index (χ1) is 11.4. The van der Waals surface area contributed by atoms with Crippen LogP contribution in [0, 0.1) is 0 Å². The zero-order valence-corrected chi connectivity index (χ0v) is 14.7. The number of hydrogen-bond acceptors (Lipinski definition) is 4. The number of nitrogens with one attached hydrogen (secondary N) is 1. The van der Waals surface area contributed by atoms with E-state index < -0.39 is 10.0 Å². The largest absolute Gasteiger partial charge is 0.466 e. The number of ether oxygens (including phenoxy) is 1. The van der Waals surface area contributed by atoms with Gasteiger partial charge in [-0.05, 0) is 42.3 Å². The highest BCUT2D eigenvalue weighted by Crippen LogP contribution is 2.14. The van der Waals surface area contributed by atoms with Gasteiger partial charge in [0.05, 0.1) is 17.9 Å². The molecule has 7 heteroatoms. The molecule has 0 saturated heterocycles. The van der Waals surface area contributed by atoms with Gasteiger partial charge >= 0.3 is 5.97 Å². The average molecular weight is 368 g/mol. The van der Waals surface area contributed by atoms with Gasteiger partial charge in [0.15, 0.2) is 0 Å². The predicted molar refractivity (Wildman–Crippen MR) is 92.3 cm³/mol. The van der Waals surface area contributed by atoms with Crippen molar-refractivity contribution in [3.63, 3.8) is 0 Å². The van der Waals surface area contributed by atoms with Gasteiger partial charge in [0.1, 0.15) is 0 Å². The smallest absolute Gasteiger partial charge is 0.310 e. The van der Waals surface area contributed by atoms with Gasteiger partial charge in [-0.15, -0.1) is 0 Å². The summed E-state index contributed by atoms with van der Waals surface area (Å²) in [5.41, 5.74) is 1.61. The molecule has 0 amide bonds. The molecule has 1 N–H and O–H groups in total. The summed E-state index contributed by atoms with van der Waals surface area (Å²) in [4.78, 5) is 11.6. The third-order valence-electron chi connectivity index (χ3n) is 3.27. The molecule has 0 unspecified atom stereocenters. The van der Waals surface area contributed by atoms with Crippen molar-refractivity contribution in [3.8, 4) is 0 Å². The second-order valence-corrected chi connectivity index (χ2v) is 7.28.